The zero-order chi connectivity index (χ0) is 12.1. The van der Waals surface area contributed by atoms with Gasteiger partial charge in [0.25, 0.3) is 0 Å². The third-order valence-corrected chi connectivity index (χ3v) is 5.32. The molecule has 0 amide bonds. The number of furan rings is 1. The molecule has 0 saturated carbocycles. The molecule has 4 heteroatoms. The highest BCUT2D eigenvalue weighted by atomic mass is 32.1. The van der Waals surface area contributed by atoms with Crippen LogP contribution in [0.1, 0.15) is 27.8 Å². The fourth-order valence-electron chi connectivity index (χ4n) is 3.02. The van der Waals surface area contributed by atoms with Crippen LogP contribution in [0, 0.1) is 0 Å². The van der Waals surface area contributed by atoms with Crippen molar-refractivity contribution < 1.29 is 4.42 Å². The summed E-state index contributed by atoms with van der Waals surface area (Å²) in [5, 5.41) is 1.31. The lowest BCUT2D eigenvalue weighted by Gasteiger charge is -2.07. The first-order valence-electron chi connectivity index (χ1n) is 6.56. The topological polar surface area (TPSA) is 29.3 Å². The normalized spacial score (nSPS) is 23.1. The van der Waals surface area contributed by atoms with Crippen LogP contribution in [0.4, 0.5) is 0 Å². The molecule has 1 fully saturated rings. The highest BCUT2D eigenvalue weighted by molar-refractivity contribution is 7.12. The number of hydrogen-bond donors (Lipinski definition) is 0. The van der Waals surface area contributed by atoms with Gasteiger partial charge < -0.3 is 9.32 Å². The Hall–Kier alpha value is -1.13. The highest BCUT2D eigenvalue weighted by Gasteiger charge is 2.28. The Morgan fingerprint density at radius 1 is 1.44 bits per heavy atom. The smallest absolute Gasteiger partial charge is 0.156 e. The summed E-state index contributed by atoms with van der Waals surface area (Å²) in [7, 11) is 2.19. The molecular formula is C14H16N2OS. The van der Waals surface area contributed by atoms with Gasteiger partial charge in [-0.2, -0.15) is 0 Å². The van der Waals surface area contributed by atoms with Crippen molar-refractivity contribution in [1.82, 2.24) is 9.88 Å². The van der Waals surface area contributed by atoms with Gasteiger partial charge in [-0.25, -0.2) is 4.98 Å². The number of aromatic nitrogens is 1. The minimum Gasteiger partial charge on any atom is -0.462 e. The number of fused-ring (bicyclic) bond motifs is 3. The molecule has 2 aromatic rings. The summed E-state index contributed by atoms with van der Waals surface area (Å²) < 4.78 is 5.61. The van der Waals surface area contributed by atoms with Crippen LogP contribution < -0.4 is 0 Å². The van der Waals surface area contributed by atoms with E-state index in [9.17, 15) is 0 Å². The molecule has 1 unspecified atom stereocenters. The van der Waals surface area contributed by atoms with E-state index in [4.69, 9.17) is 9.40 Å². The summed E-state index contributed by atoms with van der Waals surface area (Å²) in [5.74, 6) is 1.65. The van der Waals surface area contributed by atoms with Crippen LogP contribution >= 0.6 is 11.3 Å². The number of nitrogens with zero attached hydrogens (tertiary/aromatic N) is 2. The van der Waals surface area contributed by atoms with Crippen LogP contribution in [0.5, 0.6) is 0 Å². The van der Waals surface area contributed by atoms with Gasteiger partial charge in [-0.3, -0.25) is 0 Å². The summed E-state index contributed by atoms with van der Waals surface area (Å²) >= 11 is 1.90. The lowest BCUT2D eigenvalue weighted by molar-refractivity contribution is 0.411. The maximum Gasteiger partial charge on any atom is 0.156 e. The van der Waals surface area contributed by atoms with E-state index in [1.807, 2.05) is 11.3 Å². The third-order valence-electron chi connectivity index (χ3n) is 4.04. The number of likely N-dealkylation sites (tertiary alicyclic amines) is 1. The number of likely N-dealkylation sites (N-methyl/N-ethyl adjacent to an activating group) is 1. The minimum absolute atomic E-state index is 0.629. The lowest BCUT2D eigenvalue weighted by Crippen LogP contribution is -2.13. The zero-order valence-electron chi connectivity index (χ0n) is 10.5. The average molecular weight is 260 g/mol. The van der Waals surface area contributed by atoms with Gasteiger partial charge in [0.2, 0.25) is 0 Å². The molecular weight excluding hydrogens is 244 g/mol. The molecule has 94 valence electrons. The SMILES string of the molecule is CN1CCC(c2nc3c(s2)CCc2ccoc2-3)C1. The summed E-state index contributed by atoms with van der Waals surface area (Å²) in [6.45, 7) is 2.35. The van der Waals surface area contributed by atoms with Crippen molar-refractivity contribution in [3.8, 4) is 11.5 Å². The Labute approximate surface area is 110 Å². The van der Waals surface area contributed by atoms with Gasteiger partial charge in [0.05, 0.1) is 11.3 Å². The molecule has 1 atom stereocenters. The van der Waals surface area contributed by atoms with E-state index in [1.54, 1.807) is 6.26 Å². The summed E-state index contributed by atoms with van der Waals surface area (Å²) in [4.78, 5) is 8.69. The summed E-state index contributed by atoms with van der Waals surface area (Å²) in [6, 6.07) is 2.08. The van der Waals surface area contributed by atoms with Crippen molar-refractivity contribution in [2.75, 3.05) is 20.1 Å². The first-order chi connectivity index (χ1) is 8.81. The minimum atomic E-state index is 0.629. The van der Waals surface area contributed by atoms with Crippen LogP contribution in [0.3, 0.4) is 0 Å². The Morgan fingerprint density at radius 2 is 2.39 bits per heavy atom. The third kappa shape index (κ3) is 1.56. The van der Waals surface area contributed by atoms with Crippen LogP contribution in [-0.2, 0) is 12.8 Å². The van der Waals surface area contributed by atoms with Crippen LogP contribution in [0.2, 0.25) is 0 Å². The average Bonchev–Trinajstić information content (AvgIpc) is 3.04. The Bertz CT molecular complexity index is 586. The quantitative estimate of drug-likeness (QED) is 0.789. The zero-order valence-corrected chi connectivity index (χ0v) is 11.3. The second-order valence-electron chi connectivity index (χ2n) is 5.35. The van der Waals surface area contributed by atoms with Crippen molar-refractivity contribution >= 4 is 11.3 Å². The first kappa shape index (κ1) is 10.8. The van der Waals surface area contributed by atoms with Crippen LogP contribution in [0.15, 0.2) is 16.7 Å². The molecule has 1 saturated heterocycles. The van der Waals surface area contributed by atoms with Crippen molar-refractivity contribution in [1.29, 1.82) is 0 Å². The largest absolute Gasteiger partial charge is 0.462 e. The number of hydrogen-bond acceptors (Lipinski definition) is 4. The summed E-state index contributed by atoms with van der Waals surface area (Å²) in [5.41, 5.74) is 2.44. The highest BCUT2D eigenvalue weighted by Crippen LogP contribution is 2.40. The molecule has 2 aromatic heterocycles. The van der Waals surface area contributed by atoms with Gasteiger partial charge in [0, 0.05) is 22.9 Å². The molecule has 2 aliphatic rings. The number of aryl methyl sites for hydroxylation is 2. The van der Waals surface area contributed by atoms with Gasteiger partial charge in [-0.15, -0.1) is 11.3 Å². The van der Waals surface area contributed by atoms with Gasteiger partial charge in [0.15, 0.2) is 5.76 Å². The molecule has 0 bridgehead atoms. The van der Waals surface area contributed by atoms with Gasteiger partial charge in [-0.05, 0) is 38.9 Å². The Morgan fingerprint density at radius 3 is 3.22 bits per heavy atom. The molecule has 0 spiro atoms. The van der Waals surface area contributed by atoms with E-state index < -0.39 is 0 Å². The second-order valence-corrected chi connectivity index (χ2v) is 6.46. The van der Waals surface area contributed by atoms with E-state index in [1.165, 1.54) is 28.4 Å². The molecule has 0 radical (unpaired) electrons. The van der Waals surface area contributed by atoms with Crippen molar-refractivity contribution in [2.45, 2.75) is 25.2 Å². The van der Waals surface area contributed by atoms with E-state index in [0.29, 0.717) is 5.92 Å². The first-order valence-corrected chi connectivity index (χ1v) is 7.38. The Balaban J connectivity index is 1.74. The van der Waals surface area contributed by atoms with Gasteiger partial charge >= 0.3 is 0 Å². The van der Waals surface area contributed by atoms with Crippen molar-refractivity contribution in [3.05, 3.63) is 27.8 Å². The lowest BCUT2D eigenvalue weighted by atomic mass is 10.0. The van der Waals surface area contributed by atoms with E-state index in [-0.39, 0.29) is 0 Å². The van der Waals surface area contributed by atoms with Crippen LogP contribution in [-0.4, -0.2) is 30.0 Å². The molecule has 3 nitrogen and oxygen atoms in total. The van der Waals surface area contributed by atoms with Gasteiger partial charge in [0.1, 0.15) is 5.69 Å². The molecule has 18 heavy (non-hydrogen) atoms. The second kappa shape index (κ2) is 3.93. The fourth-order valence-corrected chi connectivity index (χ4v) is 4.20. The van der Waals surface area contributed by atoms with Crippen LogP contribution in [0.25, 0.3) is 11.5 Å². The van der Waals surface area contributed by atoms with Crippen molar-refractivity contribution in [2.24, 2.45) is 0 Å². The van der Waals surface area contributed by atoms with E-state index in [0.717, 1.165) is 30.8 Å². The number of thiazole rings is 1. The molecule has 3 heterocycles. The van der Waals surface area contributed by atoms with Gasteiger partial charge in [-0.1, -0.05) is 0 Å². The fraction of sp³-hybridized carbons (Fsp3) is 0.500. The number of rotatable bonds is 1. The maximum atomic E-state index is 5.61. The maximum absolute atomic E-state index is 5.61. The summed E-state index contributed by atoms with van der Waals surface area (Å²) in [6.07, 6.45) is 5.27. The molecule has 4 rings (SSSR count). The molecule has 1 aliphatic heterocycles. The van der Waals surface area contributed by atoms with Crippen molar-refractivity contribution in [3.63, 3.8) is 0 Å². The predicted molar refractivity (Wildman–Crippen MR) is 72.1 cm³/mol. The standard InChI is InChI=1S/C14H16N2OS/c1-16-6-4-10(8-16)14-15-12-11(18-14)3-2-9-5-7-17-13(9)12/h5,7,10H,2-4,6,8H2,1H3. The van der Waals surface area contributed by atoms with E-state index in [2.05, 4.69) is 18.0 Å². The monoisotopic (exact) mass is 260 g/mol. The van der Waals surface area contributed by atoms with E-state index >= 15 is 0 Å². The molecule has 1 aliphatic carbocycles. The molecule has 0 aromatic carbocycles. The molecule has 0 N–H and O–H groups in total. The Kier molecular flexibility index (Phi) is 2.35. The predicted octanol–water partition coefficient (Wildman–Crippen LogP) is 2.92.